The van der Waals surface area contributed by atoms with E-state index in [1.54, 1.807) is 0 Å². The Hall–Kier alpha value is -1.61. The third kappa shape index (κ3) is 2.27. The number of fused-ring (bicyclic) bond motifs is 1. The van der Waals surface area contributed by atoms with Crippen molar-refractivity contribution < 1.29 is 5.11 Å². The summed E-state index contributed by atoms with van der Waals surface area (Å²) >= 11 is 0. The molecule has 2 fully saturated rings. The second-order valence-corrected chi connectivity index (χ2v) is 6.14. The fourth-order valence-corrected chi connectivity index (χ4v) is 2.91. The van der Waals surface area contributed by atoms with Crippen LogP contribution in [0, 0.1) is 5.92 Å². The highest BCUT2D eigenvalue weighted by Gasteiger charge is 2.35. The highest BCUT2D eigenvalue weighted by Crippen LogP contribution is 2.39. The van der Waals surface area contributed by atoms with Crippen LogP contribution in [0.5, 0.6) is 0 Å². The van der Waals surface area contributed by atoms with Gasteiger partial charge in [0.05, 0.1) is 12.3 Å². The van der Waals surface area contributed by atoms with Crippen molar-refractivity contribution in [2.24, 2.45) is 5.92 Å². The predicted octanol–water partition coefficient (Wildman–Crippen LogP) is 3.11. The Bertz CT molecular complexity index is 632. The Kier molecular flexibility index (Phi) is 2.88. The van der Waals surface area contributed by atoms with Crippen molar-refractivity contribution in [1.82, 2.24) is 4.98 Å². The van der Waals surface area contributed by atoms with E-state index in [2.05, 4.69) is 29.2 Å². The topological polar surface area (TPSA) is 36.4 Å². The second-order valence-electron chi connectivity index (χ2n) is 6.14. The Morgan fingerprint density at radius 1 is 1.15 bits per heavy atom. The molecule has 2 aliphatic carbocycles. The SMILES string of the molecule is OCc1cc2ccccc2c(N(CC2CC2)C2CC2)n1. The molecule has 1 aromatic carbocycles. The minimum atomic E-state index is 0.0137. The molecule has 3 nitrogen and oxygen atoms in total. The van der Waals surface area contributed by atoms with Crippen LogP contribution in [-0.4, -0.2) is 22.7 Å². The van der Waals surface area contributed by atoms with Crippen molar-refractivity contribution in [3.05, 3.63) is 36.0 Å². The number of pyridine rings is 1. The van der Waals surface area contributed by atoms with Gasteiger partial charge in [0, 0.05) is 18.0 Å². The van der Waals surface area contributed by atoms with Crippen LogP contribution in [0.4, 0.5) is 5.82 Å². The summed E-state index contributed by atoms with van der Waals surface area (Å²) in [5.74, 6) is 1.94. The van der Waals surface area contributed by atoms with Gasteiger partial charge in [-0.15, -0.1) is 0 Å². The second kappa shape index (κ2) is 4.74. The number of hydrogen-bond acceptors (Lipinski definition) is 3. The lowest BCUT2D eigenvalue weighted by molar-refractivity contribution is 0.277. The van der Waals surface area contributed by atoms with Gasteiger partial charge in [0.2, 0.25) is 0 Å². The van der Waals surface area contributed by atoms with Crippen LogP contribution in [0.2, 0.25) is 0 Å². The summed E-state index contributed by atoms with van der Waals surface area (Å²) in [6, 6.07) is 11.1. The summed E-state index contributed by atoms with van der Waals surface area (Å²) in [7, 11) is 0. The van der Waals surface area contributed by atoms with Gasteiger partial charge in [0.25, 0.3) is 0 Å². The summed E-state index contributed by atoms with van der Waals surface area (Å²) in [4.78, 5) is 7.24. The molecule has 4 rings (SSSR count). The van der Waals surface area contributed by atoms with Crippen LogP contribution >= 0.6 is 0 Å². The van der Waals surface area contributed by atoms with Crippen molar-refractivity contribution in [1.29, 1.82) is 0 Å². The number of hydrogen-bond donors (Lipinski definition) is 1. The molecule has 2 saturated carbocycles. The third-order valence-corrected chi connectivity index (χ3v) is 4.35. The molecule has 0 atom stereocenters. The molecule has 1 aromatic heterocycles. The van der Waals surface area contributed by atoms with Crippen molar-refractivity contribution in [3.8, 4) is 0 Å². The third-order valence-electron chi connectivity index (χ3n) is 4.35. The normalized spacial score (nSPS) is 18.4. The summed E-state index contributed by atoms with van der Waals surface area (Å²) in [6.07, 6.45) is 5.29. The number of benzene rings is 1. The molecule has 1 N–H and O–H groups in total. The zero-order valence-electron chi connectivity index (χ0n) is 11.6. The molecule has 0 amide bonds. The summed E-state index contributed by atoms with van der Waals surface area (Å²) in [6.45, 7) is 1.15. The Labute approximate surface area is 119 Å². The van der Waals surface area contributed by atoms with E-state index in [1.165, 1.54) is 36.5 Å². The van der Waals surface area contributed by atoms with Gasteiger partial charge in [-0.1, -0.05) is 24.3 Å². The zero-order chi connectivity index (χ0) is 13.5. The molecule has 0 radical (unpaired) electrons. The van der Waals surface area contributed by atoms with Gasteiger partial charge in [0.1, 0.15) is 5.82 Å². The molecular formula is C17H20N2O. The number of anilines is 1. The summed E-state index contributed by atoms with van der Waals surface area (Å²) < 4.78 is 0. The van der Waals surface area contributed by atoms with Crippen molar-refractivity contribution >= 4 is 16.6 Å². The fraction of sp³-hybridized carbons (Fsp3) is 0.471. The molecule has 0 saturated heterocycles. The summed E-state index contributed by atoms with van der Waals surface area (Å²) in [5.41, 5.74) is 0.778. The van der Waals surface area contributed by atoms with Gasteiger partial charge < -0.3 is 10.0 Å². The lowest BCUT2D eigenvalue weighted by Crippen LogP contribution is -2.29. The van der Waals surface area contributed by atoms with Crippen LogP contribution in [0.25, 0.3) is 10.8 Å². The minimum Gasteiger partial charge on any atom is -0.390 e. The van der Waals surface area contributed by atoms with Gasteiger partial charge in [0.15, 0.2) is 0 Å². The van der Waals surface area contributed by atoms with Crippen molar-refractivity contribution in [3.63, 3.8) is 0 Å². The average Bonchev–Trinajstić information content (AvgIpc) is 3.37. The first-order valence-electron chi connectivity index (χ1n) is 7.61. The number of aliphatic hydroxyl groups excluding tert-OH is 1. The van der Waals surface area contributed by atoms with E-state index in [1.807, 2.05) is 6.07 Å². The fourth-order valence-electron chi connectivity index (χ4n) is 2.91. The lowest BCUT2D eigenvalue weighted by atomic mass is 10.1. The maximum atomic E-state index is 9.47. The van der Waals surface area contributed by atoms with Gasteiger partial charge in [-0.2, -0.15) is 0 Å². The maximum Gasteiger partial charge on any atom is 0.137 e. The van der Waals surface area contributed by atoms with Crippen molar-refractivity contribution in [2.45, 2.75) is 38.3 Å². The van der Waals surface area contributed by atoms with E-state index in [0.717, 1.165) is 24.0 Å². The van der Waals surface area contributed by atoms with Gasteiger partial charge in [-0.05, 0) is 43.1 Å². The Balaban J connectivity index is 1.82. The molecule has 2 aliphatic rings. The van der Waals surface area contributed by atoms with E-state index in [-0.39, 0.29) is 6.61 Å². The molecule has 0 aliphatic heterocycles. The molecular weight excluding hydrogens is 248 g/mol. The number of nitrogens with zero attached hydrogens (tertiary/aromatic N) is 2. The van der Waals surface area contributed by atoms with Gasteiger partial charge >= 0.3 is 0 Å². The largest absolute Gasteiger partial charge is 0.390 e. The average molecular weight is 268 g/mol. The van der Waals surface area contributed by atoms with E-state index >= 15 is 0 Å². The first kappa shape index (κ1) is 12.2. The highest BCUT2D eigenvalue weighted by atomic mass is 16.3. The monoisotopic (exact) mass is 268 g/mol. The van der Waals surface area contributed by atoms with E-state index in [0.29, 0.717) is 6.04 Å². The van der Waals surface area contributed by atoms with Crippen LogP contribution in [-0.2, 0) is 6.61 Å². The first-order chi connectivity index (χ1) is 9.85. The Morgan fingerprint density at radius 3 is 2.65 bits per heavy atom. The molecule has 0 unspecified atom stereocenters. The van der Waals surface area contributed by atoms with Crippen LogP contribution in [0.15, 0.2) is 30.3 Å². The van der Waals surface area contributed by atoms with Crippen LogP contribution in [0.3, 0.4) is 0 Å². The van der Waals surface area contributed by atoms with E-state index in [9.17, 15) is 5.11 Å². The number of rotatable bonds is 5. The quantitative estimate of drug-likeness (QED) is 0.905. The summed E-state index contributed by atoms with van der Waals surface area (Å²) in [5, 5.41) is 11.9. The first-order valence-corrected chi connectivity index (χ1v) is 7.61. The van der Waals surface area contributed by atoms with E-state index < -0.39 is 0 Å². The van der Waals surface area contributed by atoms with E-state index in [4.69, 9.17) is 4.98 Å². The minimum absolute atomic E-state index is 0.0137. The highest BCUT2D eigenvalue weighted by molar-refractivity contribution is 5.92. The molecule has 3 heteroatoms. The molecule has 20 heavy (non-hydrogen) atoms. The lowest BCUT2D eigenvalue weighted by Gasteiger charge is -2.25. The van der Waals surface area contributed by atoms with Gasteiger partial charge in [-0.3, -0.25) is 0 Å². The van der Waals surface area contributed by atoms with Crippen molar-refractivity contribution in [2.75, 3.05) is 11.4 Å². The van der Waals surface area contributed by atoms with Crippen LogP contribution in [0.1, 0.15) is 31.4 Å². The molecule has 0 bridgehead atoms. The molecule has 0 spiro atoms. The number of aliphatic hydroxyl groups is 1. The number of aromatic nitrogens is 1. The predicted molar refractivity (Wildman–Crippen MR) is 80.8 cm³/mol. The maximum absolute atomic E-state index is 9.47. The molecule has 2 aromatic rings. The smallest absolute Gasteiger partial charge is 0.137 e. The Morgan fingerprint density at radius 2 is 1.95 bits per heavy atom. The van der Waals surface area contributed by atoms with Crippen LogP contribution < -0.4 is 4.90 Å². The molecule has 1 heterocycles. The standard InChI is InChI=1S/C17H20N2O/c20-11-14-9-13-3-1-2-4-16(13)17(18-14)19(15-7-8-15)10-12-5-6-12/h1-4,9,12,15,20H,5-8,10-11H2. The van der Waals surface area contributed by atoms with Gasteiger partial charge in [-0.25, -0.2) is 4.98 Å². The molecule has 104 valence electrons. The zero-order valence-corrected chi connectivity index (χ0v) is 11.6.